The molecule has 1 N–H and O–H groups in total. The second-order valence-corrected chi connectivity index (χ2v) is 5.36. The van der Waals surface area contributed by atoms with Crippen LogP contribution in [-0.2, 0) is 12.1 Å². The predicted octanol–water partition coefficient (Wildman–Crippen LogP) is 3.48. The van der Waals surface area contributed by atoms with Crippen LogP contribution in [0.5, 0.6) is 0 Å². The number of aliphatic hydroxyl groups is 1. The van der Waals surface area contributed by atoms with Gasteiger partial charge in [0.05, 0.1) is 33.6 Å². The smallest absolute Gasteiger partial charge is 0.142 e. The van der Waals surface area contributed by atoms with Crippen LogP contribution in [0.3, 0.4) is 0 Å². The molecule has 1 heterocycles. The summed E-state index contributed by atoms with van der Waals surface area (Å²) in [4.78, 5) is 4.39. The Morgan fingerprint density at radius 1 is 1.42 bits per heavy atom. The largest absolute Gasteiger partial charge is 0.381 e. The minimum absolute atomic E-state index is 0.0300. The third-order valence-electron chi connectivity index (χ3n) is 3.01. The Labute approximate surface area is 121 Å². The van der Waals surface area contributed by atoms with E-state index in [9.17, 15) is 5.11 Å². The summed E-state index contributed by atoms with van der Waals surface area (Å²) >= 11 is 12.0. The molecule has 0 bridgehead atoms. The number of halogens is 2. The average Bonchev–Trinajstić information content (AvgIpc) is 2.68. The lowest BCUT2D eigenvalue weighted by molar-refractivity contribution is 0.0497. The summed E-state index contributed by atoms with van der Waals surface area (Å²) in [5.74, 6) is 0.449. The molecule has 1 unspecified atom stereocenters. The highest BCUT2D eigenvalue weighted by molar-refractivity contribution is 6.42. The standard InChI is InChI=1S/C13H13Cl2N3O/c1-3-18-11-7-9(15)8(14)6-10(11)17-12(18)13(2,19)4-5-16/h6-7,19H,3-4H2,1-2H3. The van der Waals surface area contributed by atoms with Crippen LogP contribution in [-0.4, -0.2) is 14.7 Å². The van der Waals surface area contributed by atoms with E-state index in [-0.39, 0.29) is 6.42 Å². The maximum absolute atomic E-state index is 10.4. The molecule has 0 aliphatic carbocycles. The summed E-state index contributed by atoms with van der Waals surface area (Å²) in [7, 11) is 0. The van der Waals surface area contributed by atoms with Crippen molar-refractivity contribution in [3.8, 4) is 6.07 Å². The number of hydrogen-bond donors (Lipinski definition) is 1. The maximum Gasteiger partial charge on any atom is 0.142 e. The van der Waals surface area contributed by atoms with Gasteiger partial charge in [0.25, 0.3) is 0 Å². The van der Waals surface area contributed by atoms with E-state index in [1.165, 1.54) is 0 Å². The molecule has 0 saturated carbocycles. The van der Waals surface area contributed by atoms with E-state index >= 15 is 0 Å². The second kappa shape index (κ2) is 5.01. The molecule has 6 heteroatoms. The molecule has 0 amide bonds. The first kappa shape index (κ1) is 14.1. The molecule has 100 valence electrons. The number of aromatic nitrogens is 2. The fraction of sp³-hybridized carbons (Fsp3) is 0.385. The molecule has 1 aromatic heterocycles. The van der Waals surface area contributed by atoms with Crippen molar-refractivity contribution >= 4 is 34.2 Å². The fourth-order valence-corrected chi connectivity index (χ4v) is 2.40. The number of nitrogens with zero attached hydrogens (tertiary/aromatic N) is 3. The van der Waals surface area contributed by atoms with Gasteiger partial charge in [-0.2, -0.15) is 5.26 Å². The van der Waals surface area contributed by atoms with Crippen LogP contribution < -0.4 is 0 Å². The maximum atomic E-state index is 10.4. The van der Waals surface area contributed by atoms with Crippen molar-refractivity contribution in [2.75, 3.05) is 0 Å². The van der Waals surface area contributed by atoms with Crippen LogP contribution in [0.25, 0.3) is 11.0 Å². The Morgan fingerprint density at radius 3 is 2.63 bits per heavy atom. The quantitative estimate of drug-likeness (QED) is 0.943. The lowest BCUT2D eigenvalue weighted by Crippen LogP contribution is -2.25. The van der Waals surface area contributed by atoms with Gasteiger partial charge in [-0.15, -0.1) is 0 Å². The number of nitriles is 1. The molecule has 19 heavy (non-hydrogen) atoms. The topological polar surface area (TPSA) is 61.8 Å². The molecule has 2 rings (SSSR count). The van der Waals surface area contributed by atoms with E-state index in [0.29, 0.717) is 27.9 Å². The first-order valence-corrected chi connectivity index (χ1v) is 6.61. The van der Waals surface area contributed by atoms with Crippen LogP contribution in [0.4, 0.5) is 0 Å². The molecule has 0 aliphatic heterocycles. The van der Waals surface area contributed by atoms with E-state index in [1.54, 1.807) is 19.1 Å². The van der Waals surface area contributed by atoms with Gasteiger partial charge in [0.1, 0.15) is 11.4 Å². The lowest BCUT2D eigenvalue weighted by Gasteiger charge is -2.20. The zero-order valence-corrected chi connectivity index (χ0v) is 12.1. The van der Waals surface area contributed by atoms with E-state index in [4.69, 9.17) is 28.5 Å². The summed E-state index contributed by atoms with van der Waals surface area (Å²) in [6, 6.07) is 5.36. The highest BCUT2D eigenvalue weighted by Crippen LogP contribution is 2.32. The van der Waals surface area contributed by atoms with Crippen molar-refractivity contribution in [3.05, 3.63) is 28.0 Å². The molecule has 0 radical (unpaired) electrons. The van der Waals surface area contributed by atoms with Gasteiger partial charge in [-0.25, -0.2) is 4.98 Å². The molecule has 1 atom stereocenters. The third kappa shape index (κ3) is 2.42. The lowest BCUT2D eigenvalue weighted by atomic mass is 10.0. The molecule has 0 aliphatic rings. The van der Waals surface area contributed by atoms with Crippen molar-refractivity contribution in [3.63, 3.8) is 0 Å². The van der Waals surface area contributed by atoms with E-state index in [1.807, 2.05) is 17.6 Å². The zero-order chi connectivity index (χ0) is 14.2. The minimum Gasteiger partial charge on any atom is -0.381 e. The number of imidazole rings is 1. The molecule has 4 nitrogen and oxygen atoms in total. The summed E-state index contributed by atoms with van der Waals surface area (Å²) in [6.07, 6.45) is -0.0300. The number of benzene rings is 1. The van der Waals surface area contributed by atoms with Gasteiger partial charge in [0.2, 0.25) is 0 Å². The van der Waals surface area contributed by atoms with Crippen molar-refractivity contribution in [2.24, 2.45) is 0 Å². The Hall–Kier alpha value is -1.28. The average molecular weight is 298 g/mol. The number of aryl methyl sites for hydroxylation is 1. The van der Waals surface area contributed by atoms with Gasteiger partial charge < -0.3 is 9.67 Å². The first-order chi connectivity index (χ1) is 8.90. The van der Waals surface area contributed by atoms with Gasteiger partial charge in [-0.3, -0.25) is 0 Å². The minimum atomic E-state index is -1.30. The molecule has 0 spiro atoms. The van der Waals surface area contributed by atoms with Gasteiger partial charge in [-0.1, -0.05) is 23.2 Å². The van der Waals surface area contributed by atoms with Crippen molar-refractivity contribution < 1.29 is 5.11 Å². The van der Waals surface area contributed by atoms with Crippen molar-refractivity contribution in [2.45, 2.75) is 32.4 Å². The summed E-state index contributed by atoms with van der Waals surface area (Å²) in [6.45, 7) is 4.13. The first-order valence-electron chi connectivity index (χ1n) is 5.85. The Kier molecular flexibility index (Phi) is 3.73. The molecular weight excluding hydrogens is 285 g/mol. The van der Waals surface area contributed by atoms with Gasteiger partial charge in [0.15, 0.2) is 0 Å². The molecule has 2 aromatic rings. The fourth-order valence-electron chi connectivity index (χ4n) is 2.08. The van der Waals surface area contributed by atoms with E-state index < -0.39 is 5.60 Å². The van der Waals surface area contributed by atoms with Crippen molar-refractivity contribution in [1.82, 2.24) is 9.55 Å². The molecule has 0 saturated heterocycles. The van der Waals surface area contributed by atoms with Crippen LogP contribution in [0, 0.1) is 11.3 Å². The van der Waals surface area contributed by atoms with Crippen LogP contribution in [0.15, 0.2) is 12.1 Å². The monoisotopic (exact) mass is 297 g/mol. The normalized spacial score (nSPS) is 14.3. The highest BCUT2D eigenvalue weighted by Gasteiger charge is 2.29. The predicted molar refractivity (Wildman–Crippen MR) is 75.2 cm³/mol. The molecular formula is C13H13Cl2N3O. The van der Waals surface area contributed by atoms with Crippen molar-refractivity contribution in [1.29, 1.82) is 5.26 Å². The highest BCUT2D eigenvalue weighted by atomic mass is 35.5. The Morgan fingerprint density at radius 2 is 2.05 bits per heavy atom. The summed E-state index contributed by atoms with van der Waals surface area (Å²) in [5, 5.41) is 20.0. The van der Waals surface area contributed by atoms with Crippen LogP contribution >= 0.6 is 23.2 Å². The summed E-state index contributed by atoms with van der Waals surface area (Å²) in [5.41, 5.74) is 0.150. The van der Waals surface area contributed by atoms with Crippen LogP contribution in [0.2, 0.25) is 10.0 Å². The number of hydrogen-bond acceptors (Lipinski definition) is 3. The van der Waals surface area contributed by atoms with Crippen LogP contribution in [0.1, 0.15) is 26.1 Å². The molecule has 1 aromatic carbocycles. The van der Waals surface area contributed by atoms with Gasteiger partial charge in [0, 0.05) is 6.54 Å². The van der Waals surface area contributed by atoms with Gasteiger partial charge in [-0.05, 0) is 26.0 Å². The second-order valence-electron chi connectivity index (χ2n) is 4.54. The number of rotatable bonds is 3. The Bertz CT molecular complexity index is 671. The SMILES string of the molecule is CCn1c(C(C)(O)CC#N)nc2cc(Cl)c(Cl)cc21. The third-order valence-corrected chi connectivity index (χ3v) is 3.73. The summed E-state index contributed by atoms with van der Waals surface area (Å²) < 4.78 is 1.84. The molecule has 0 fully saturated rings. The number of fused-ring (bicyclic) bond motifs is 1. The van der Waals surface area contributed by atoms with E-state index in [2.05, 4.69) is 4.98 Å². The zero-order valence-electron chi connectivity index (χ0n) is 10.6. The Balaban J connectivity index is 2.73. The van der Waals surface area contributed by atoms with Gasteiger partial charge >= 0.3 is 0 Å². The van der Waals surface area contributed by atoms with E-state index in [0.717, 1.165) is 5.52 Å².